The molecule has 0 aliphatic carbocycles. The molecule has 0 aliphatic rings. The number of carbonyl (C=O) groups is 1. The van der Waals surface area contributed by atoms with Crippen LogP contribution in [0.15, 0.2) is 59.1 Å². The third-order valence-corrected chi connectivity index (χ3v) is 4.56. The molecule has 134 valence electrons. The zero-order valence-electron chi connectivity index (χ0n) is 14.8. The Morgan fingerprint density at radius 1 is 1.19 bits per heavy atom. The molecule has 0 spiro atoms. The van der Waals surface area contributed by atoms with Gasteiger partial charge in [-0.15, -0.1) is 0 Å². The van der Waals surface area contributed by atoms with Gasteiger partial charge in [0.15, 0.2) is 11.5 Å². The summed E-state index contributed by atoms with van der Waals surface area (Å²) in [4.78, 5) is 14.4. The molecular weight excluding hydrogens is 352 g/mol. The molecule has 0 saturated heterocycles. The number of nitrogens with zero attached hydrogens (tertiary/aromatic N) is 2. The van der Waals surface area contributed by atoms with Crippen LogP contribution in [0.4, 0.5) is 0 Å². The molecule has 3 aromatic rings. The number of ether oxygens (including phenoxy) is 1. The maximum atomic E-state index is 12.8. The van der Waals surface area contributed by atoms with E-state index in [0.29, 0.717) is 10.8 Å². The first kappa shape index (κ1) is 18.0. The van der Waals surface area contributed by atoms with Gasteiger partial charge in [-0.2, -0.15) is 0 Å². The number of para-hydroxylation sites is 1. The summed E-state index contributed by atoms with van der Waals surface area (Å²) in [6, 6.07) is 16.3. The van der Waals surface area contributed by atoms with Crippen LogP contribution >= 0.6 is 11.6 Å². The maximum Gasteiger partial charge on any atom is 0.276 e. The number of hydrogen-bond donors (Lipinski definition) is 0. The number of benzene rings is 2. The Morgan fingerprint density at radius 3 is 2.69 bits per heavy atom. The highest BCUT2D eigenvalue weighted by molar-refractivity contribution is 6.30. The van der Waals surface area contributed by atoms with Crippen LogP contribution in [0.25, 0.3) is 11.3 Å². The highest BCUT2D eigenvalue weighted by Crippen LogP contribution is 2.29. The Labute approximate surface area is 157 Å². The van der Waals surface area contributed by atoms with Gasteiger partial charge in [-0.25, -0.2) is 0 Å². The van der Waals surface area contributed by atoms with Crippen LogP contribution in [0.1, 0.15) is 29.0 Å². The lowest BCUT2D eigenvalue weighted by atomic mass is 10.1. The van der Waals surface area contributed by atoms with Crippen LogP contribution in [0, 0.1) is 0 Å². The second-order valence-corrected chi connectivity index (χ2v) is 6.36. The molecule has 1 heterocycles. The van der Waals surface area contributed by atoms with Gasteiger partial charge in [-0.05, 0) is 25.1 Å². The minimum absolute atomic E-state index is 0.190. The van der Waals surface area contributed by atoms with Crippen LogP contribution in [0.3, 0.4) is 0 Å². The zero-order chi connectivity index (χ0) is 18.7. The fourth-order valence-corrected chi connectivity index (χ4v) is 2.92. The van der Waals surface area contributed by atoms with E-state index in [-0.39, 0.29) is 17.6 Å². The molecule has 3 rings (SSSR count). The average molecular weight is 371 g/mol. The van der Waals surface area contributed by atoms with Crippen molar-refractivity contribution in [1.29, 1.82) is 0 Å². The maximum absolute atomic E-state index is 12.8. The number of rotatable bonds is 5. The molecule has 5 nitrogen and oxygen atoms in total. The Hall–Kier alpha value is -2.79. The first-order valence-electron chi connectivity index (χ1n) is 8.14. The lowest BCUT2D eigenvalue weighted by molar-refractivity contribution is 0.0730. The fourth-order valence-electron chi connectivity index (χ4n) is 2.73. The van der Waals surface area contributed by atoms with E-state index in [1.807, 2.05) is 43.3 Å². The second kappa shape index (κ2) is 7.62. The third kappa shape index (κ3) is 3.58. The van der Waals surface area contributed by atoms with Crippen LogP contribution in [-0.4, -0.2) is 30.1 Å². The summed E-state index contributed by atoms with van der Waals surface area (Å²) in [6.07, 6.45) is 0. The molecule has 0 saturated carbocycles. The van der Waals surface area contributed by atoms with Gasteiger partial charge in [-0.3, -0.25) is 4.79 Å². The molecule has 0 N–H and O–H groups in total. The minimum atomic E-state index is -0.236. The molecular formula is C20H19ClN2O3. The van der Waals surface area contributed by atoms with Gasteiger partial charge >= 0.3 is 0 Å². The molecule has 1 aromatic heterocycles. The van der Waals surface area contributed by atoms with E-state index in [1.54, 1.807) is 37.3 Å². The summed E-state index contributed by atoms with van der Waals surface area (Å²) in [5.74, 6) is 0.994. The van der Waals surface area contributed by atoms with Crippen molar-refractivity contribution in [3.8, 4) is 17.1 Å². The molecule has 0 fully saturated rings. The van der Waals surface area contributed by atoms with Gasteiger partial charge in [0.1, 0.15) is 5.75 Å². The second-order valence-electron chi connectivity index (χ2n) is 5.92. The highest BCUT2D eigenvalue weighted by Gasteiger charge is 2.24. The first-order valence-corrected chi connectivity index (χ1v) is 8.51. The Morgan fingerprint density at radius 2 is 1.96 bits per heavy atom. The summed E-state index contributed by atoms with van der Waals surface area (Å²) in [7, 11) is 3.34. The molecule has 1 amide bonds. The number of methoxy groups -OCH3 is 1. The van der Waals surface area contributed by atoms with Crippen molar-refractivity contribution in [2.45, 2.75) is 13.0 Å². The highest BCUT2D eigenvalue weighted by atomic mass is 35.5. The van der Waals surface area contributed by atoms with Crippen molar-refractivity contribution in [3.05, 3.63) is 70.9 Å². The van der Waals surface area contributed by atoms with E-state index < -0.39 is 0 Å². The quantitative estimate of drug-likeness (QED) is 0.645. The fraction of sp³-hybridized carbons (Fsp3) is 0.200. The lowest BCUT2D eigenvalue weighted by Gasteiger charge is -2.25. The standard InChI is InChI=1S/C20H19ClN2O3/c1-13(16-9-4-5-10-18(16)25-3)23(2)20(24)17-12-19(26-22-17)14-7-6-8-15(21)11-14/h4-13H,1-3H3. The summed E-state index contributed by atoms with van der Waals surface area (Å²) >= 11 is 6.00. The number of carbonyl (C=O) groups excluding carboxylic acids is 1. The predicted molar refractivity (Wildman–Crippen MR) is 100 cm³/mol. The summed E-state index contributed by atoms with van der Waals surface area (Å²) in [6.45, 7) is 1.94. The largest absolute Gasteiger partial charge is 0.496 e. The van der Waals surface area contributed by atoms with E-state index in [2.05, 4.69) is 5.16 Å². The Bertz CT molecular complexity index is 923. The lowest BCUT2D eigenvalue weighted by Crippen LogP contribution is -2.30. The van der Waals surface area contributed by atoms with Gasteiger partial charge in [0.2, 0.25) is 0 Å². The van der Waals surface area contributed by atoms with Crippen molar-refractivity contribution in [1.82, 2.24) is 10.1 Å². The Kier molecular flexibility index (Phi) is 5.28. The molecule has 1 atom stereocenters. The van der Waals surface area contributed by atoms with E-state index >= 15 is 0 Å². The normalized spacial score (nSPS) is 11.8. The average Bonchev–Trinajstić information content (AvgIpc) is 3.16. The summed E-state index contributed by atoms with van der Waals surface area (Å²) in [5, 5.41) is 4.51. The minimum Gasteiger partial charge on any atom is -0.496 e. The van der Waals surface area contributed by atoms with Crippen LogP contribution < -0.4 is 4.74 Å². The van der Waals surface area contributed by atoms with Crippen molar-refractivity contribution >= 4 is 17.5 Å². The summed E-state index contributed by atoms with van der Waals surface area (Å²) < 4.78 is 10.7. The molecule has 6 heteroatoms. The number of amides is 1. The topological polar surface area (TPSA) is 55.6 Å². The van der Waals surface area contributed by atoms with Gasteiger partial charge in [0, 0.05) is 29.3 Å². The van der Waals surface area contributed by atoms with E-state index in [0.717, 1.165) is 16.9 Å². The number of hydrogen-bond acceptors (Lipinski definition) is 4. The molecule has 0 radical (unpaired) electrons. The summed E-state index contributed by atoms with van der Waals surface area (Å²) in [5.41, 5.74) is 1.93. The zero-order valence-corrected chi connectivity index (χ0v) is 15.5. The Balaban J connectivity index is 1.83. The van der Waals surface area contributed by atoms with Crippen LogP contribution in [0.2, 0.25) is 5.02 Å². The predicted octanol–water partition coefficient (Wildman–Crippen LogP) is 4.84. The van der Waals surface area contributed by atoms with Crippen molar-refractivity contribution in [3.63, 3.8) is 0 Å². The van der Waals surface area contributed by atoms with Crippen molar-refractivity contribution in [2.24, 2.45) is 0 Å². The van der Waals surface area contributed by atoms with Crippen LogP contribution in [0.5, 0.6) is 5.75 Å². The van der Waals surface area contributed by atoms with Gasteiger partial charge in [0.25, 0.3) is 5.91 Å². The number of halogens is 1. The van der Waals surface area contributed by atoms with Gasteiger partial charge < -0.3 is 14.2 Å². The van der Waals surface area contributed by atoms with Crippen molar-refractivity contribution in [2.75, 3.05) is 14.2 Å². The van der Waals surface area contributed by atoms with E-state index in [4.69, 9.17) is 20.9 Å². The van der Waals surface area contributed by atoms with Gasteiger partial charge in [-0.1, -0.05) is 47.1 Å². The molecule has 0 aliphatic heterocycles. The molecule has 2 aromatic carbocycles. The van der Waals surface area contributed by atoms with Crippen LogP contribution in [-0.2, 0) is 0 Å². The smallest absolute Gasteiger partial charge is 0.276 e. The first-order chi connectivity index (χ1) is 12.5. The molecule has 26 heavy (non-hydrogen) atoms. The number of aromatic nitrogens is 1. The van der Waals surface area contributed by atoms with Crippen molar-refractivity contribution < 1.29 is 14.1 Å². The third-order valence-electron chi connectivity index (χ3n) is 4.33. The van der Waals surface area contributed by atoms with E-state index in [1.165, 1.54) is 0 Å². The molecule has 0 bridgehead atoms. The monoisotopic (exact) mass is 370 g/mol. The SMILES string of the molecule is COc1ccccc1C(C)N(C)C(=O)c1cc(-c2cccc(Cl)c2)on1. The van der Waals surface area contributed by atoms with E-state index in [9.17, 15) is 4.79 Å². The van der Waals surface area contributed by atoms with Gasteiger partial charge in [0.05, 0.1) is 13.2 Å². The molecule has 1 unspecified atom stereocenters.